The van der Waals surface area contributed by atoms with Gasteiger partial charge in [-0.25, -0.2) is 4.98 Å². The third-order valence-corrected chi connectivity index (χ3v) is 2.04. The standard InChI is InChI=1S/C5H4N4OS/c6-5-8-3-2(4(10)9-5)11-1-7-3/h1H,(H3,6,8,9,10). The van der Waals surface area contributed by atoms with E-state index in [1.54, 1.807) is 5.51 Å². The summed E-state index contributed by atoms with van der Waals surface area (Å²) in [5.74, 6) is 0.105. The molecule has 0 aromatic carbocycles. The monoisotopic (exact) mass is 168 g/mol. The van der Waals surface area contributed by atoms with Crippen molar-refractivity contribution < 1.29 is 0 Å². The Bertz CT molecular complexity index is 445. The number of hydrogen-bond donors (Lipinski definition) is 2. The van der Waals surface area contributed by atoms with Crippen LogP contribution >= 0.6 is 11.3 Å². The van der Waals surface area contributed by atoms with Crippen LogP contribution in [-0.4, -0.2) is 15.0 Å². The highest BCUT2D eigenvalue weighted by molar-refractivity contribution is 7.16. The van der Waals surface area contributed by atoms with Crippen molar-refractivity contribution in [3.8, 4) is 0 Å². The van der Waals surface area contributed by atoms with Gasteiger partial charge in [0, 0.05) is 0 Å². The van der Waals surface area contributed by atoms with Gasteiger partial charge in [-0.05, 0) is 0 Å². The summed E-state index contributed by atoms with van der Waals surface area (Å²) in [4.78, 5) is 21.1. The Morgan fingerprint density at radius 3 is 3.27 bits per heavy atom. The molecule has 2 heterocycles. The number of rotatable bonds is 0. The SMILES string of the molecule is Nc1nc2ncsc2c(=O)[nH]1. The average molecular weight is 168 g/mol. The Labute approximate surface area is 64.9 Å². The lowest BCUT2D eigenvalue weighted by Crippen LogP contribution is -2.09. The molecule has 5 nitrogen and oxygen atoms in total. The molecule has 11 heavy (non-hydrogen) atoms. The van der Waals surface area contributed by atoms with Crippen molar-refractivity contribution in [1.29, 1.82) is 0 Å². The van der Waals surface area contributed by atoms with E-state index in [0.717, 1.165) is 0 Å². The van der Waals surface area contributed by atoms with Crippen LogP contribution in [0.4, 0.5) is 5.95 Å². The molecule has 0 aliphatic carbocycles. The molecule has 0 aliphatic heterocycles. The van der Waals surface area contributed by atoms with Gasteiger partial charge >= 0.3 is 0 Å². The molecule has 0 aliphatic rings. The van der Waals surface area contributed by atoms with Crippen molar-refractivity contribution in [2.24, 2.45) is 0 Å². The second kappa shape index (κ2) is 2.03. The number of anilines is 1. The van der Waals surface area contributed by atoms with Gasteiger partial charge in [-0.15, -0.1) is 11.3 Å². The summed E-state index contributed by atoms with van der Waals surface area (Å²) >= 11 is 1.25. The predicted octanol–water partition coefficient (Wildman–Crippen LogP) is -0.0382. The Morgan fingerprint density at radius 1 is 1.64 bits per heavy atom. The highest BCUT2D eigenvalue weighted by Crippen LogP contribution is 2.09. The van der Waals surface area contributed by atoms with Gasteiger partial charge in [0.2, 0.25) is 5.95 Å². The van der Waals surface area contributed by atoms with Crippen LogP contribution in [0, 0.1) is 0 Å². The van der Waals surface area contributed by atoms with Crippen molar-refractivity contribution in [1.82, 2.24) is 15.0 Å². The number of H-pyrrole nitrogens is 1. The van der Waals surface area contributed by atoms with Crippen molar-refractivity contribution in [2.45, 2.75) is 0 Å². The summed E-state index contributed by atoms with van der Waals surface area (Å²) < 4.78 is 0.513. The quantitative estimate of drug-likeness (QED) is 0.578. The number of nitrogen functional groups attached to an aromatic ring is 1. The first-order valence-electron chi connectivity index (χ1n) is 2.86. The summed E-state index contributed by atoms with van der Waals surface area (Å²) in [6.45, 7) is 0. The van der Waals surface area contributed by atoms with Crippen LogP contribution in [0.2, 0.25) is 0 Å². The van der Waals surface area contributed by atoms with Crippen LogP contribution in [0.5, 0.6) is 0 Å². The molecular formula is C5H4N4OS. The zero-order valence-electron chi connectivity index (χ0n) is 5.37. The van der Waals surface area contributed by atoms with Gasteiger partial charge in [0.25, 0.3) is 5.56 Å². The minimum Gasteiger partial charge on any atom is -0.369 e. The summed E-state index contributed by atoms with van der Waals surface area (Å²) in [7, 11) is 0. The van der Waals surface area contributed by atoms with Gasteiger partial charge in [-0.2, -0.15) is 4.98 Å². The molecule has 0 amide bonds. The first kappa shape index (κ1) is 6.29. The zero-order chi connectivity index (χ0) is 7.84. The highest BCUT2D eigenvalue weighted by atomic mass is 32.1. The first-order chi connectivity index (χ1) is 5.27. The van der Waals surface area contributed by atoms with E-state index in [-0.39, 0.29) is 11.5 Å². The molecule has 2 aromatic heterocycles. The lowest BCUT2D eigenvalue weighted by Gasteiger charge is -1.88. The first-order valence-corrected chi connectivity index (χ1v) is 3.74. The number of aromatic amines is 1. The average Bonchev–Trinajstić information content (AvgIpc) is 2.34. The zero-order valence-corrected chi connectivity index (χ0v) is 6.18. The van der Waals surface area contributed by atoms with Gasteiger partial charge in [-0.1, -0.05) is 0 Å². The van der Waals surface area contributed by atoms with Gasteiger partial charge in [-0.3, -0.25) is 9.78 Å². The van der Waals surface area contributed by atoms with E-state index in [9.17, 15) is 4.79 Å². The molecule has 0 radical (unpaired) electrons. The molecule has 3 N–H and O–H groups in total. The van der Waals surface area contributed by atoms with Crippen LogP contribution in [0.25, 0.3) is 10.3 Å². The fourth-order valence-electron chi connectivity index (χ4n) is 0.790. The van der Waals surface area contributed by atoms with E-state index in [1.165, 1.54) is 11.3 Å². The maximum atomic E-state index is 11.1. The number of thiazole rings is 1. The van der Waals surface area contributed by atoms with Gasteiger partial charge in [0.15, 0.2) is 5.65 Å². The van der Waals surface area contributed by atoms with Crippen LogP contribution in [0.1, 0.15) is 0 Å². The molecule has 0 saturated carbocycles. The van der Waals surface area contributed by atoms with E-state index in [2.05, 4.69) is 15.0 Å². The lowest BCUT2D eigenvalue weighted by atomic mass is 10.6. The number of fused-ring (bicyclic) bond motifs is 1. The molecule has 2 aromatic rings. The lowest BCUT2D eigenvalue weighted by molar-refractivity contribution is 1.18. The summed E-state index contributed by atoms with van der Waals surface area (Å²) in [6.07, 6.45) is 0. The Hall–Kier alpha value is -1.43. The van der Waals surface area contributed by atoms with Crippen molar-refractivity contribution in [2.75, 3.05) is 5.73 Å². The van der Waals surface area contributed by atoms with Gasteiger partial charge < -0.3 is 5.73 Å². The van der Waals surface area contributed by atoms with E-state index >= 15 is 0 Å². The Kier molecular flexibility index (Phi) is 1.16. The van der Waals surface area contributed by atoms with Crippen molar-refractivity contribution >= 4 is 27.6 Å². The van der Waals surface area contributed by atoms with Crippen LogP contribution in [0.3, 0.4) is 0 Å². The Morgan fingerprint density at radius 2 is 2.45 bits per heavy atom. The third kappa shape index (κ3) is 0.874. The third-order valence-electron chi connectivity index (χ3n) is 1.22. The summed E-state index contributed by atoms with van der Waals surface area (Å²) in [5, 5.41) is 0. The second-order valence-electron chi connectivity index (χ2n) is 1.96. The molecule has 0 saturated heterocycles. The highest BCUT2D eigenvalue weighted by Gasteiger charge is 2.02. The Balaban J connectivity index is 3.02. The van der Waals surface area contributed by atoms with E-state index in [0.29, 0.717) is 10.3 Å². The van der Waals surface area contributed by atoms with Crippen LogP contribution < -0.4 is 11.3 Å². The van der Waals surface area contributed by atoms with Crippen molar-refractivity contribution in [3.05, 3.63) is 15.9 Å². The summed E-state index contributed by atoms with van der Waals surface area (Å²) in [5.41, 5.74) is 7.03. The second-order valence-corrected chi connectivity index (χ2v) is 2.81. The number of nitrogens with two attached hydrogens (primary N) is 1. The van der Waals surface area contributed by atoms with E-state index in [1.807, 2.05) is 0 Å². The maximum Gasteiger partial charge on any atom is 0.271 e. The van der Waals surface area contributed by atoms with Crippen molar-refractivity contribution in [3.63, 3.8) is 0 Å². The molecule has 0 bridgehead atoms. The van der Waals surface area contributed by atoms with E-state index in [4.69, 9.17) is 5.73 Å². The maximum absolute atomic E-state index is 11.1. The molecule has 2 rings (SSSR count). The normalized spacial score (nSPS) is 10.5. The van der Waals surface area contributed by atoms with E-state index < -0.39 is 0 Å². The molecule has 6 heteroatoms. The fraction of sp³-hybridized carbons (Fsp3) is 0. The molecule has 0 unspecified atom stereocenters. The van der Waals surface area contributed by atoms with Gasteiger partial charge in [0.1, 0.15) is 4.70 Å². The minimum atomic E-state index is -0.227. The number of hydrogen-bond acceptors (Lipinski definition) is 5. The molecule has 56 valence electrons. The minimum absolute atomic E-state index is 0.105. The number of aromatic nitrogens is 3. The molecular weight excluding hydrogens is 164 g/mol. The largest absolute Gasteiger partial charge is 0.369 e. The topological polar surface area (TPSA) is 84.7 Å². The van der Waals surface area contributed by atoms with Gasteiger partial charge in [0.05, 0.1) is 5.51 Å². The molecule has 0 atom stereocenters. The fourth-order valence-corrected chi connectivity index (χ4v) is 1.41. The predicted molar refractivity (Wildman–Crippen MR) is 42.4 cm³/mol. The number of nitrogens with one attached hydrogen (secondary N) is 1. The summed E-state index contributed by atoms with van der Waals surface area (Å²) in [6, 6.07) is 0. The molecule has 0 fully saturated rings. The molecule has 0 spiro atoms. The van der Waals surface area contributed by atoms with Crippen LogP contribution in [-0.2, 0) is 0 Å². The smallest absolute Gasteiger partial charge is 0.271 e. The number of nitrogens with zero attached hydrogens (tertiary/aromatic N) is 2. The van der Waals surface area contributed by atoms with Crippen LogP contribution in [0.15, 0.2) is 10.3 Å².